The maximum absolute atomic E-state index is 11.6. The Labute approximate surface area is 118 Å². The van der Waals surface area contributed by atoms with Crippen molar-refractivity contribution in [1.82, 2.24) is 5.32 Å². The second-order valence-corrected chi connectivity index (χ2v) is 4.33. The summed E-state index contributed by atoms with van der Waals surface area (Å²) < 4.78 is 4.91. The lowest BCUT2D eigenvalue weighted by atomic mass is 10.2. The first-order valence-corrected chi connectivity index (χ1v) is 6.49. The molecular weight excluding hydrogens is 258 g/mol. The van der Waals surface area contributed by atoms with Crippen molar-refractivity contribution < 1.29 is 14.3 Å². The lowest BCUT2D eigenvalue weighted by molar-refractivity contribution is -0.115. The van der Waals surface area contributed by atoms with E-state index in [-0.39, 0.29) is 18.4 Å². The molecule has 20 heavy (non-hydrogen) atoms. The Morgan fingerprint density at radius 2 is 1.70 bits per heavy atom. The van der Waals surface area contributed by atoms with Crippen LogP contribution in [0, 0.1) is 0 Å². The second-order valence-electron chi connectivity index (χ2n) is 4.33. The first kappa shape index (κ1) is 16.1. The average Bonchev–Trinajstić information content (AvgIpc) is 2.40. The van der Waals surface area contributed by atoms with Gasteiger partial charge in [-0.2, -0.15) is 0 Å². The quantitative estimate of drug-likeness (QED) is 0.625. The zero-order valence-corrected chi connectivity index (χ0v) is 11.9. The summed E-state index contributed by atoms with van der Waals surface area (Å²) in [5.74, 6) is -0.225. The highest BCUT2D eigenvalue weighted by Crippen LogP contribution is 2.13. The summed E-state index contributed by atoms with van der Waals surface area (Å²) in [5.41, 5.74) is 1.40. The molecule has 0 aliphatic heterocycles. The summed E-state index contributed by atoms with van der Waals surface area (Å²) in [7, 11) is 1.65. The standard InChI is InChI=1S/C14H21N3O3/c1-11(18)16-12-4-6-13(7-5-12)17-14(19)10-15-8-3-9-20-2/h4-7,15H,3,8-10H2,1-2H3,(H,16,18)(H,17,19). The molecule has 0 spiro atoms. The number of hydrogen-bond acceptors (Lipinski definition) is 4. The fraction of sp³-hybridized carbons (Fsp3) is 0.429. The molecule has 1 aromatic carbocycles. The number of anilines is 2. The SMILES string of the molecule is COCCCNCC(=O)Nc1ccc(NC(C)=O)cc1. The molecule has 1 rings (SSSR count). The fourth-order valence-electron chi connectivity index (χ4n) is 1.59. The lowest BCUT2D eigenvalue weighted by Gasteiger charge is -2.08. The van der Waals surface area contributed by atoms with Gasteiger partial charge in [0.05, 0.1) is 6.54 Å². The van der Waals surface area contributed by atoms with Crippen molar-refractivity contribution in [2.75, 3.05) is 37.4 Å². The van der Waals surface area contributed by atoms with Crippen LogP contribution in [0.15, 0.2) is 24.3 Å². The molecule has 6 nitrogen and oxygen atoms in total. The van der Waals surface area contributed by atoms with Crippen molar-refractivity contribution in [1.29, 1.82) is 0 Å². The molecule has 2 amide bonds. The molecule has 110 valence electrons. The van der Waals surface area contributed by atoms with Gasteiger partial charge in [-0.1, -0.05) is 0 Å². The molecule has 0 saturated heterocycles. The normalized spacial score (nSPS) is 10.1. The minimum Gasteiger partial charge on any atom is -0.385 e. The minimum absolute atomic E-state index is 0.102. The van der Waals surface area contributed by atoms with E-state index in [9.17, 15) is 9.59 Å². The third-order valence-electron chi connectivity index (χ3n) is 2.48. The fourth-order valence-corrected chi connectivity index (χ4v) is 1.59. The van der Waals surface area contributed by atoms with E-state index < -0.39 is 0 Å². The molecule has 0 atom stereocenters. The van der Waals surface area contributed by atoms with Crippen LogP contribution in [0.4, 0.5) is 11.4 Å². The summed E-state index contributed by atoms with van der Waals surface area (Å²) >= 11 is 0. The first-order valence-electron chi connectivity index (χ1n) is 6.49. The van der Waals surface area contributed by atoms with Crippen molar-refractivity contribution in [3.05, 3.63) is 24.3 Å². The zero-order valence-electron chi connectivity index (χ0n) is 11.9. The van der Waals surface area contributed by atoms with Gasteiger partial charge in [-0.25, -0.2) is 0 Å². The zero-order chi connectivity index (χ0) is 14.8. The van der Waals surface area contributed by atoms with Crippen molar-refractivity contribution in [2.24, 2.45) is 0 Å². The van der Waals surface area contributed by atoms with E-state index in [2.05, 4.69) is 16.0 Å². The molecule has 0 aliphatic carbocycles. The number of carbonyl (C=O) groups excluding carboxylic acids is 2. The molecular formula is C14H21N3O3. The molecule has 0 heterocycles. The van der Waals surface area contributed by atoms with E-state index in [0.29, 0.717) is 18.0 Å². The summed E-state index contributed by atoms with van der Waals surface area (Å²) in [6.07, 6.45) is 0.870. The second kappa shape index (κ2) is 9.06. The van der Waals surface area contributed by atoms with E-state index >= 15 is 0 Å². The number of ether oxygens (including phenoxy) is 1. The van der Waals surface area contributed by atoms with E-state index in [1.54, 1.807) is 31.4 Å². The number of methoxy groups -OCH3 is 1. The van der Waals surface area contributed by atoms with Gasteiger partial charge in [0, 0.05) is 32.0 Å². The summed E-state index contributed by atoms with van der Waals surface area (Å²) in [6, 6.07) is 6.97. The van der Waals surface area contributed by atoms with Crippen LogP contribution >= 0.6 is 0 Å². The smallest absolute Gasteiger partial charge is 0.238 e. The third-order valence-corrected chi connectivity index (χ3v) is 2.48. The number of carbonyl (C=O) groups is 2. The first-order chi connectivity index (χ1) is 9.61. The number of amides is 2. The van der Waals surface area contributed by atoms with Crippen LogP contribution in [0.5, 0.6) is 0 Å². The van der Waals surface area contributed by atoms with Gasteiger partial charge < -0.3 is 20.7 Å². The maximum Gasteiger partial charge on any atom is 0.238 e. The molecule has 0 aliphatic rings. The van der Waals surface area contributed by atoms with E-state index in [4.69, 9.17) is 4.74 Å². The van der Waals surface area contributed by atoms with Gasteiger partial charge in [0.15, 0.2) is 0 Å². The largest absolute Gasteiger partial charge is 0.385 e. The Hall–Kier alpha value is -1.92. The monoisotopic (exact) mass is 279 g/mol. The summed E-state index contributed by atoms with van der Waals surface area (Å²) in [5, 5.41) is 8.46. The van der Waals surface area contributed by atoms with E-state index in [1.807, 2.05) is 0 Å². The van der Waals surface area contributed by atoms with Crippen LogP contribution < -0.4 is 16.0 Å². The van der Waals surface area contributed by atoms with Gasteiger partial charge in [-0.3, -0.25) is 9.59 Å². The van der Waals surface area contributed by atoms with Crippen LogP contribution in [-0.2, 0) is 14.3 Å². The highest BCUT2D eigenvalue weighted by Gasteiger charge is 2.02. The number of benzene rings is 1. The number of hydrogen-bond donors (Lipinski definition) is 3. The van der Waals surface area contributed by atoms with Crippen LogP contribution in [0.1, 0.15) is 13.3 Å². The molecule has 3 N–H and O–H groups in total. The van der Waals surface area contributed by atoms with Gasteiger partial charge in [0.25, 0.3) is 0 Å². The van der Waals surface area contributed by atoms with Crippen LogP contribution in [0.3, 0.4) is 0 Å². The van der Waals surface area contributed by atoms with Gasteiger partial charge in [-0.05, 0) is 37.2 Å². The summed E-state index contributed by atoms with van der Waals surface area (Å²) in [6.45, 7) is 3.13. The van der Waals surface area contributed by atoms with Gasteiger partial charge in [0.2, 0.25) is 11.8 Å². The van der Waals surface area contributed by atoms with Gasteiger partial charge in [-0.15, -0.1) is 0 Å². The number of nitrogens with one attached hydrogen (secondary N) is 3. The van der Waals surface area contributed by atoms with Crippen LogP contribution in [-0.4, -0.2) is 38.6 Å². The highest BCUT2D eigenvalue weighted by atomic mass is 16.5. The Bertz CT molecular complexity index is 432. The van der Waals surface area contributed by atoms with Crippen molar-refractivity contribution >= 4 is 23.2 Å². The third kappa shape index (κ3) is 6.86. The Kier molecular flexibility index (Phi) is 7.31. The minimum atomic E-state index is -0.123. The predicted octanol–water partition coefficient (Wildman–Crippen LogP) is 1.21. The molecule has 0 radical (unpaired) electrons. The molecule has 1 aromatic rings. The van der Waals surface area contributed by atoms with Crippen LogP contribution in [0.25, 0.3) is 0 Å². The molecule has 0 saturated carbocycles. The highest BCUT2D eigenvalue weighted by molar-refractivity contribution is 5.93. The Balaban J connectivity index is 2.29. The number of rotatable bonds is 8. The molecule has 0 bridgehead atoms. The Morgan fingerprint density at radius 3 is 2.25 bits per heavy atom. The van der Waals surface area contributed by atoms with Gasteiger partial charge in [0.1, 0.15) is 0 Å². The lowest BCUT2D eigenvalue weighted by Crippen LogP contribution is -2.29. The molecule has 0 aromatic heterocycles. The maximum atomic E-state index is 11.6. The van der Waals surface area contributed by atoms with Crippen molar-refractivity contribution in [3.63, 3.8) is 0 Å². The van der Waals surface area contributed by atoms with Crippen LogP contribution in [0.2, 0.25) is 0 Å². The topological polar surface area (TPSA) is 79.5 Å². The van der Waals surface area contributed by atoms with E-state index in [0.717, 1.165) is 13.0 Å². The van der Waals surface area contributed by atoms with Crippen molar-refractivity contribution in [2.45, 2.75) is 13.3 Å². The molecule has 0 fully saturated rings. The van der Waals surface area contributed by atoms with Crippen molar-refractivity contribution in [3.8, 4) is 0 Å². The molecule has 6 heteroatoms. The Morgan fingerprint density at radius 1 is 1.10 bits per heavy atom. The average molecular weight is 279 g/mol. The molecule has 0 unspecified atom stereocenters. The summed E-state index contributed by atoms with van der Waals surface area (Å²) in [4.78, 5) is 22.5. The van der Waals surface area contributed by atoms with E-state index in [1.165, 1.54) is 6.92 Å². The predicted molar refractivity (Wildman–Crippen MR) is 78.7 cm³/mol. The van der Waals surface area contributed by atoms with Gasteiger partial charge >= 0.3 is 0 Å².